The van der Waals surface area contributed by atoms with E-state index in [1.54, 1.807) is 54.5 Å². The van der Waals surface area contributed by atoms with Crippen LogP contribution in [0.4, 0.5) is 0 Å². The lowest BCUT2D eigenvalue weighted by molar-refractivity contribution is -0.900. The first-order valence-corrected chi connectivity index (χ1v) is 11.9. The van der Waals surface area contributed by atoms with Crippen molar-refractivity contribution in [2.24, 2.45) is 0 Å². The van der Waals surface area contributed by atoms with E-state index in [9.17, 15) is 13.2 Å². The van der Waals surface area contributed by atoms with Crippen LogP contribution in [-0.2, 0) is 19.6 Å². The monoisotopic (exact) mass is 446 g/mol. The van der Waals surface area contributed by atoms with E-state index in [4.69, 9.17) is 9.47 Å². The smallest absolute Gasteiger partial charge is 0.279 e. The maximum absolute atomic E-state index is 13.4. The average Bonchev–Trinajstić information content (AvgIpc) is 3.27. The number of carbonyl (C=O) groups is 1. The minimum Gasteiger partial charge on any atom is -0.497 e. The number of sulfonamides is 1. The minimum atomic E-state index is -3.77. The van der Waals surface area contributed by atoms with Crippen LogP contribution >= 0.6 is 0 Å². The average molecular weight is 447 g/mol. The highest BCUT2D eigenvalue weighted by Crippen LogP contribution is 2.35. The number of ether oxygens (including phenoxy) is 2. The summed E-state index contributed by atoms with van der Waals surface area (Å²) in [5.74, 6) is 0.623. The van der Waals surface area contributed by atoms with E-state index in [1.807, 2.05) is 12.1 Å². The number of methoxy groups -OCH3 is 1. The zero-order valence-corrected chi connectivity index (χ0v) is 18.4. The van der Waals surface area contributed by atoms with Gasteiger partial charge in [-0.3, -0.25) is 4.79 Å². The Morgan fingerprint density at radius 3 is 2.39 bits per heavy atom. The molecule has 0 bridgehead atoms. The second kappa shape index (κ2) is 9.35. The molecule has 0 aromatic heterocycles. The molecule has 4 rings (SSSR count). The van der Waals surface area contributed by atoms with Gasteiger partial charge in [0.2, 0.25) is 10.0 Å². The van der Waals surface area contributed by atoms with Gasteiger partial charge in [-0.05, 0) is 29.8 Å². The Labute approximate surface area is 183 Å². The topological polar surface area (TPSA) is 80.6 Å². The predicted molar refractivity (Wildman–Crippen MR) is 114 cm³/mol. The zero-order chi connectivity index (χ0) is 21.8. The Balaban J connectivity index is 1.65. The van der Waals surface area contributed by atoms with Crippen molar-refractivity contribution in [3.63, 3.8) is 0 Å². The van der Waals surface area contributed by atoms with Gasteiger partial charge in [0.05, 0.1) is 25.2 Å². The Kier molecular flexibility index (Phi) is 6.57. The van der Waals surface area contributed by atoms with Crippen molar-refractivity contribution in [1.82, 2.24) is 9.21 Å². The number of hydrogen-bond donors (Lipinski definition) is 1. The maximum atomic E-state index is 13.4. The summed E-state index contributed by atoms with van der Waals surface area (Å²) in [6.45, 7) is 3.76. The minimum absolute atomic E-state index is 0.0523. The van der Waals surface area contributed by atoms with Gasteiger partial charge in [-0.1, -0.05) is 30.3 Å². The molecule has 2 aromatic rings. The number of quaternary nitrogens is 1. The van der Waals surface area contributed by atoms with Crippen molar-refractivity contribution in [3.05, 3.63) is 60.2 Å². The van der Waals surface area contributed by atoms with Gasteiger partial charge >= 0.3 is 0 Å². The molecule has 1 atom stereocenters. The fourth-order valence-corrected chi connectivity index (χ4v) is 5.71. The van der Waals surface area contributed by atoms with Gasteiger partial charge in [0.15, 0.2) is 6.54 Å². The van der Waals surface area contributed by atoms with Crippen LogP contribution in [0.2, 0.25) is 0 Å². The Morgan fingerprint density at radius 2 is 1.74 bits per heavy atom. The lowest BCUT2D eigenvalue weighted by Crippen LogP contribution is -3.15. The first-order valence-electron chi connectivity index (χ1n) is 10.4. The number of carbonyl (C=O) groups excluding carboxylic acids is 1. The second-order valence-corrected chi connectivity index (χ2v) is 9.59. The van der Waals surface area contributed by atoms with Gasteiger partial charge in [0.25, 0.3) is 5.91 Å². The highest BCUT2D eigenvalue weighted by atomic mass is 32.2. The number of nitrogens with zero attached hydrogens (tertiary/aromatic N) is 2. The van der Waals surface area contributed by atoms with Crippen molar-refractivity contribution in [1.29, 1.82) is 0 Å². The third kappa shape index (κ3) is 4.59. The molecule has 8 nitrogen and oxygen atoms in total. The molecular weight excluding hydrogens is 418 g/mol. The summed E-state index contributed by atoms with van der Waals surface area (Å²) in [6.07, 6.45) is -0.691. The molecule has 1 unspecified atom stereocenters. The largest absolute Gasteiger partial charge is 0.497 e. The third-order valence-electron chi connectivity index (χ3n) is 5.81. The quantitative estimate of drug-likeness (QED) is 0.683. The van der Waals surface area contributed by atoms with E-state index in [1.165, 1.54) is 4.31 Å². The van der Waals surface area contributed by atoms with Gasteiger partial charge in [-0.2, -0.15) is 4.31 Å². The van der Waals surface area contributed by atoms with Crippen LogP contribution in [0.25, 0.3) is 0 Å². The van der Waals surface area contributed by atoms with Crippen LogP contribution in [0.5, 0.6) is 5.75 Å². The van der Waals surface area contributed by atoms with Crippen LogP contribution in [0.1, 0.15) is 11.7 Å². The molecule has 0 saturated carbocycles. The zero-order valence-electron chi connectivity index (χ0n) is 17.6. The molecule has 166 valence electrons. The number of benzene rings is 2. The molecule has 31 heavy (non-hydrogen) atoms. The van der Waals surface area contributed by atoms with E-state index in [0.717, 1.165) is 23.6 Å². The SMILES string of the molecule is COc1ccc(C2N(C(=O)C[NH+]3CCOCC3)CCN2S(=O)(=O)c2ccccc2)cc1. The number of hydrogen-bond acceptors (Lipinski definition) is 5. The molecule has 2 aliphatic rings. The Morgan fingerprint density at radius 1 is 1.06 bits per heavy atom. The van der Waals surface area contributed by atoms with Gasteiger partial charge < -0.3 is 19.3 Å². The fourth-order valence-electron chi connectivity index (χ4n) is 4.12. The van der Waals surface area contributed by atoms with E-state index >= 15 is 0 Å². The maximum Gasteiger partial charge on any atom is 0.279 e. The van der Waals surface area contributed by atoms with Crippen molar-refractivity contribution < 1.29 is 27.6 Å². The lowest BCUT2D eigenvalue weighted by Gasteiger charge is -2.31. The van der Waals surface area contributed by atoms with Crippen molar-refractivity contribution in [2.45, 2.75) is 11.1 Å². The van der Waals surface area contributed by atoms with E-state index in [2.05, 4.69) is 0 Å². The van der Waals surface area contributed by atoms with Crippen LogP contribution in [0.15, 0.2) is 59.5 Å². The van der Waals surface area contributed by atoms with Gasteiger partial charge in [-0.25, -0.2) is 8.42 Å². The molecule has 2 fully saturated rings. The van der Waals surface area contributed by atoms with Crippen molar-refractivity contribution >= 4 is 15.9 Å². The van der Waals surface area contributed by atoms with Crippen molar-refractivity contribution in [3.8, 4) is 5.75 Å². The van der Waals surface area contributed by atoms with E-state index in [0.29, 0.717) is 32.1 Å². The van der Waals surface area contributed by atoms with E-state index < -0.39 is 16.2 Å². The molecule has 9 heteroatoms. The number of nitrogens with one attached hydrogen (secondary N) is 1. The standard InChI is InChI=1S/C22H27N3O5S/c1-29-19-9-7-18(8-10-19)22-24(21(26)17-23-13-15-30-16-14-23)11-12-25(22)31(27,28)20-5-3-2-4-6-20/h2-10,22H,11-17H2,1H3/p+1. The number of rotatable bonds is 6. The second-order valence-electron chi connectivity index (χ2n) is 7.70. The molecule has 0 radical (unpaired) electrons. The molecule has 0 spiro atoms. The van der Waals surface area contributed by atoms with Gasteiger partial charge in [0.1, 0.15) is 25.0 Å². The van der Waals surface area contributed by atoms with Crippen LogP contribution in [0, 0.1) is 0 Å². The Hall–Kier alpha value is -2.46. The fraction of sp³-hybridized carbons (Fsp3) is 0.409. The van der Waals surface area contributed by atoms with Gasteiger partial charge in [-0.15, -0.1) is 0 Å². The molecule has 0 aliphatic carbocycles. The summed E-state index contributed by atoms with van der Waals surface area (Å²) >= 11 is 0. The highest BCUT2D eigenvalue weighted by molar-refractivity contribution is 7.89. The van der Waals surface area contributed by atoms with Crippen LogP contribution in [-0.4, -0.2) is 76.6 Å². The molecule has 2 aliphatic heterocycles. The summed E-state index contributed by atoms with van der Waals surface area (Å²) in [4.78, 5) is 16.3. The summed E-state index contributed by atoms with van der Waals surface area (Å²) < 4.78 is 38.9. The highest BCUT2D eigenvalue weighted by Gasteiger charge is 2.44. The van der Waals surface area contributed by atoms with Gasteiger partial charge in [0, 0.05) is 13.1 Å². The predicted octanol–water partition coefficient (Wildman–Crippen LogP) is 0.142. The molecular formula is C22H28N3O5S+. The van der Waals surface area contributed by atoms with Crippen LogP contribution < -0.4 is 9.64 Å². The third-order valence-corrected chi connectivity index (χ3v) is 7.68. The summed E-state index contributed by atoms with van der Waals surface area (Å²) in [6, 6.07) is 15.6. The van der Waals surface area contributed by atoms with Crippen LogP contribution in [0.3, 0.4) is 0 Å². The normalized spacial score (nSPS) is 20.7. The van der Waals surface area contributed by atoms with Crippen molar-refractivity contribution in [2.75, 3.05) is 53.0 Å². The molecule has 1 N–H and O–H groups in total. The number of amides is 1. The Bertz CT molecular complexity index is 992. The van der Waals surface area contributed by atoms with E-state index in [-0.39, 0.29) is 17.3 Å². The molecule has 2 aromatic carbocycles. The first kappa shape index (κ1) is 21.8. The molecule has 2 heterocycles. The number of morpholine rings is 1. The molecule has 2 saturated heterocycles. The summed E-state index contributed by atoms with van der Waals surface area (Å²) in [5, 5.41) is 0. The molecule has 1 amide bonds. The summed E-state index contributed by atoms with van der Waals surface area (Å²) in [7, 11) is -2.19. The lowest BCUT2D eigenvalue weighted by atomic mass is 10.1. The first-order chi connectivity index (χ1) is 15.0. The summed E-state index contributed by atoms with van der Waals surface area (Å²) in [5.41, 5.74) is 0.739.